The fraction of sp³-hybridized carbons (Fsp3) is 0.111. The number of thioether (sulfide) groups is 1. The zero-order valence-electron chi connectivity index (χ0n) is 13.5. The molecule has 0 bridgehead atoms. The summed E-state index contributed by atoms with van der Waals surface area (Å²) in [6, 6.07) is 11.4. The number of likely N-dealkylation sites (N-methyl/N-ethyl adjacent to an activating group) is 1. The number of ether oxygens (including phenoxy) is 1. The highest BCUT2D eigenvalue weighted by molar-refractivity contribution is 14.1. The summed E-state index contributed by atoms with van der Waals surface area (Å²) in [5.74, 6) is 0.290. The normalized spacial score (nSPS) is 15.8. The van der Waals surface area contributed by atoms with Crippen molar-refractivity contribution in [3.8, 4) is 5.75 Å². The molecule has 3 nitrogen and oxygen atoms in total. The average Bonchev–Trinajstić information content (AvgIpc) is 2.83. The van der Waals surface area contributed by atoms with Gasteiger partial charge in [0.1, 0.15) is 10.9 Å². The van der Waals surface area contributed by atoms with Gasteiger partial charge in [-0.3, -0.25) is 9.69 Å². The molecule has 0 unspecified atom stereocenters. The monoisotopic (exact) mass is 535 g/mol. The van der Waals surface area contributed by atoms with Gasteiger partial charge in [-0.1, -0.05) is 59.3 Å². The third kappa shape index (κ3) is 4.54. The van der Waals surface area contributed by atoms with Gasteiger partial charge in [-0.2, -0.15) is 0 Å². The molecule has 0 aliphatic carbocycles. The molecule has 3 rings (SSSR count). The van der Waals surface area contributed by atoms with Crippen molar-refractivity contribution in [1.82, 2.24) is 4.90 Å². The van der Waals surface area contributed by atoms with Crippen LogP contribution in [0.25, 0.3) is 6.08 Å². The smallest absolute Gasteiger partial charge is 0.265 e. The Kier molecular flexibility index (Phi) is 6.50. The van der Waals surface area contributed by atoms with Crippen molar-refractivity contribution in [3.05, 3.63) is 66.0 Å². The highest BCUT2D eigenvalue weighted by Gasteiger charge is 2.28. The molecule has 2 aromatic rings. The van der Waals surface area contributed by atoms with E-state index in [0.29, 0.717) is 31.6 Å². The first-order chi connectivity index (χ1) is 12.3. The lowest BCUT2D eigenvalue weighted by Crippen LogP contribution is -2.22. The number of hydrogen-bond acceptors (Lipinski definition) is 4. The Bertz CT molecular complexity index is 893. The van der Waals surface area contributed by atoms with Gasteiger partial charge in [0.05, 0.1) is 15.0 Å². The minimum atomic E-state index is -0.133. The van der Waals surface area contributed by atoms with E-state index in [4.69, 9.17) is 40.2 Å². The summed E-state index contributed by atoms with van der Waals surface area (Å²) in [6.07, 6.45) is 1.73. The van der Waals surface area contributed by atoms with Gasteiger partial charge in [0.25, 0.3) is 5.91 Å². The van der Waals surface area contributed by atoms with Gasteiger partial charge in [-0.05, 0) is 64.1 Å². The Labute approximate surface area is 184 Å². The molecule has 0 atom stereocenters. The van der Waals surface area contributed by atoms with Crippen molar-refractivity contribution >= 4 is 86.1 Å². The predicted octanol–water partition coefficient (Wildman–Crippen LogP) is 6.01. The highest BCUT2D eigenvalue weighted by Crippen LogP contribution is 2.37. The molecular weight excluding hydrogens is 524 g/mol. The minimum Gasteiger partial charge on any atom is -0.486 e. The van der Waals surface area contributed by atoms with E-state index in [1.807, 2.05) is 24.3 Å². The Hall–Kier alpha value is -0.800. The molecule has 1 heterocycles. The van der Waals surface area contributed by atoms with E-state index < -0.39 is 0 Å². The predicted molar refractivity (Wildman–Crippen MR) is 121 cm³/mol. The van der Waals surface area contributed by atoms with Gasteiger partial charge >= 0.3 is 0 Å². The quantitative estimate of drug-likeness (QED) is 0.272. The topological polar surface area (TPSA) is 29.5 Å². The Morgan fingerprint density at radius 1 is 1.23 bits per heavy atom. The van der Waals surface area contributed by atoms with E-state index in [9.17, 15) is 4.79 Å². The molecule has 1 aliphatic rings. The summed E-state index contributed by atoms with van der Waals surface area (Å²) in [6.45, 7) is 0.365. The molecule has 2 aromatic carbocycles. The summed E-state index contributed by atoms with van der Waals surface area (Å²) in [4.78, 5) is 14.1. The molecule has 134 valence electrons. The number of rotatable bonds is 4. The number of carbonyl (C=O) groups excluding carboxylic acids is 1. The van der Waals surface area contributed by atoms with Crippen LogP contribution < -0.4 is 4.74 Å². The van der Waals surface area contributed by atoms with Gasteiger partial charge in [0.15, 0.2) is 5.75 Å². The Morgan fingerprint density at radius 2 is 1.85 bits per heavy atom. The van der Waals surface area contributed by atoms with E-state index in [1.54, 1.807) is 25.3 Å². The van der Waals surface area contributed by atoms with Crippen LogP contribution in [0.5, 0.6) is 5.75 Å². The zero-order valence-corrected chi connectivity index (χ0v) is 18.8. The van der Waals surface area contributed by atoms with Gasteiger partial charge < -0.3 is 4.74 Å². The molecule has 1 fully saturated rings. The first-order valence-corrected chi connectivity index (χ1v) is 10.5. The number of nitrogens with zero attached hydrogens (tertiary/aromatic N) is 1. The van der Waals surface area contributed by atoms with Crippen LogP contribution in [0, 0.1) is 3.57 Å². The molecule has 26 heavy (non-hydrogen) atoms. The first kappa shape index (κ1) is 19.9. The van der Waals surface area contributed by atoms with E-state index in [0.717, 1.165) is 14.7 Å². The summed E-state index contributed by atoms with van der Waals surface area (Å²) in [5.41, 5.74) is 1.74. The van der Waals surface area contributed by atoms with Gasteiger partial charge in [0.2, 0.25) is 0 Å². The number of benzene rings is 2. The van der Waals surface area contributed by atoms with Crippen LogP contribution >= 0.6 is 69.8 Å². The maximum absolute atomic E-state index is 12.1. The molecule has 0 aromatic heterocycles. The zero-order chi connectivity index (χ0) is 18.8. The third-order valence-electron chi connectivity index (χ3n) is 3.60. The van der Waals surface area contributed by atoms with E-state index in [1.165, 1.54) is 16.7 Å². The van der Waals surface area contributed by atoms with Gasteiger partial charge in [-0.15, -0.1) is 0 Å². The largest absolute Gasteiger partial charge is 0.486 e. The number of thiocarbonyl (C=S) groups is 1. The third-order valence-corrected chi connectivity index (χ3v) is 6.37. The van der Waals surface area contributed by atoms with E-state index in [2.05, 4.69) is 22.6 Å². The van der Waals surface area contributed by atoms with Crippen LogP contribution in [0.15, 0.2) is 41.3 Å². The summed E-state index contributed by atoms with van der Waals surface area (Å²) in [5, 5.41) is 0.780. The van der Waals surface area contributed by atoms with Gasteiger partial charge in [0, 0.05) is 10.6 Å². The summed E-state index contributed by atoms with van der Waals surface area (Å²) < 4.78 is 7.47. The lowest BCUT2D eigenvalue weighted by Gasteiger charge is -2.11. The van der Waals surface area contributed by atoms with Crippen molar-refractivity contribution in [1.29, 1.82) is 0 Å². The van der Waals surface area contributed by atoms with Crippen LogP contribution in [-0.2, 0) is 11.4 Å². The Balaban J connectivity index is 1.79. The summed E-state index contributed by atoms with van der Waals surface area (Å²) in [7, 11) is 1.65. The summed E-state index contributed by atoms with van der Waals surface area (Å²) >= 11 is 21.3. The average molecular weight is 536 g/mol. The SMILES string of the molecule is CN1C(=O)/C(=C\c2cc(Cl)c(OCc3ccc(I)cc3)c(Cl)c2)SC1=S. The number of carbonyl (C=O) groups is 1. The number of halogens is 3. The molecule has 0 radical (unpaired) electrons. The fourth-order valence-corrected chi connectivity index (χ4v) is 4.39. The number of hydrogen-bond donors (Lipinski definition) is 0. The lowest BCUT2D eigenvalue weighted by molar-refractivity contribution is -0.121. The highest BCUT2D eigenvalue weighted by atomic mass is 127. The second-order valence-electron chi connectivity index (χ2n) is 5.47. The molecule has 1 aliphatic heterocycles. The minimum absolute atomic E-state index is 0.133. The van der Waals surface area contributed by atoms with E-state index in [-0.39, 0.29) is 5.91 Å². The van der Waals surface area contributed by atoms with Crippen LogP contribution in [0.3, 0.4) is 0 Å². The van der Waals surface area contributed by atoms with Crippen molar-refractivity contribution in [3.63, 3.8) is 0 Å². The standard InChI is InChI=1S/C18H12Cl2INO2S2/c1-22-17(23)15(26-18(22)25)8-11-6-13(19)16(14(20)7-11)24-9-10-2-4-12(21)5-3-10/h2-8H,9H2,1H3/b15-8+. The van der Waals surface area contributed by atoms with Gasteiger partial charge in [-0.25, -0.2) is 0 Å². The first-order valence-electron chi connectivity index (χ1n) is 7.43. The number of amides is 1. The van der Waals surface area contributed by atoms with Crippen molar-refractivity contribution in [2.45, 2.75) is 6.61 Å². The molecule has 0 spiro atoms. The van der Waals surface area contributed by atoms with Crippen LogP contribution in [0.1, 0.15) is 11.1 Å². The molecule has 0 saturated carbocycles. The molecule has 1 saturated heterocycles. The molecule has 0 N–H and O–H groups in total. The van der Waals surface area contributed by atoms with E-state index >= 15 is 0 Å². The Morgan fingerprint density at radius 3 is 2.38 bits per heavy atom. The van der Waals surface area contributed by atoms with Crippen LogP contribution in [0.4, 0.5) is 0 Å². The molecular formula is C18H12Cl2INO2S2. The molecule has 1 amide bonds. The van der Waals surface area contributed by atoms with Crippen molar-refractivity contribution in [2.24, 2.45) is 0 Å². The van der Waals surface area contributed by atoms with Crippen LogP contribution in [0.2, 0.25) is 10.0 Å². The second-order valence-corrected chi connectivity index (χ2v) is 9.21. The second kappa shape index (κ2) is 8.48. The van der Waals surface area contributed by atoms with Crippen LogP contribution in [-0.4, -0.2) is 22.2 Å². The van der Waals surface area contributed by atoms with Crippen molar-refractivity contribution < 1.29 is 9.53 Å². The maximum atomic E-state index is 12.1. The lowest BCUT2D eigenvalue weighted by atomic mass is 10.2. The fourth-order valence-electron chi connectivity index (χ4n) is 2.23. The molecule has 8 heteroatoms. The maximum Gasteiger partial charge on any atom is 0.265 e. The van der Waals surface area contributed by atoms with Crippen molar-refractivity contribution in [2.75, 3.05) is 7.05 Å².